The third kappa shape index (κ3) is 2.55. The van der Waals surface area contributed by atoms with Gasteiger partial charge in [0.1, 0.15) is 0 Å². The van der Waals surface area contributed by atoms with Crippen LogP contribution in [0.2, 0.25) is 0 Å². The second-order valence-electron chi connectivity index (χ2n) is 3.04. The molecule has 0 aliphatic carbocycles. The maximum Gasteiger partial charge on any atom is 0.167 e. The van der Waals surface area contributed by atoms with E-state index in [-0.39, 0.29) is 0 Å². The average molecular weight is 184 g/mol. The van der Waals surface area contributed by atoms with E-state index >= 15 is 0 Å². The van der Waals surface area contributed by atoms with Crippen LogP contribution in [0.25, 0.3) is 0 Å². The summed E-state index contributed by atoms with van der Waals surface area (Å²) in [5, 5.41) is 1.80. The minimum absolute atomic E-state index is 0.677. The monoisotopic (exact) mass is 184 g/mol. The van der Waals surface area contributed by atoms with Gasteiger partial charge in [0.05, 0.1) is 0 Å². The summed E-state index contributed by atoms with van der Waals surface area (Å²) < 4.78 is 2.07. The van der Waals surface area contributed by atoms with Crippen molar-refractivity contribution in [2.24, 2.45) is 7.05 Å². The van der Waals surface area contributed by atoms with Crippen LogP contribution in [0.5, 0.6) is 0 Å². The number of rotatable bonds is 4. The molecule has 0 bridgehead atoms. The lowest BCUT2D eigenvalue weighted by Crippen LogP contribution is -1.98. The van der Waals surface area contributed by atoms with Gasteiger partial charge in [-0.05, 0) is 6.42 Å². The van der Waals surface area contributed by atoms with Gasteiger partial charge in [-0.1, -0.05) is 32.0 Å². The molecule has 0 aliphatic rings. The van der Waals surface area contributed by atoms with Crippen molar-refractivity contribution in [2.45, 2.75) is 37.1 Å². The second-order valence-corrected chi connectivity index (χ2v) is 4.44. The summed E-state index contributed by atoms with van der Waals surface area (Å²) in [5.74, 6) is 0. The number of nitrogens with zero attached hydrogens (tertiary/aromatic N) is 2. The van der Waals surface area contributed by atoms with Crippen molar-refractivity contribution in [3.8, 4) is 0 Å². The molecule has 0 aromatic carbocycles. The fourth-order valence-corrected chi connectivity index (χ4v) is 2.17. The predicted molar refractivity (Wildman–Crippen MR) is 53.4 cm³/mol. The molecule has 3 heteroatoms. The highest BCUT2D eigenvalue weighted by molar-refractivity contribution is 7.99. The van der Waals surface area contributed by atoms with Crippen LogP contribution in [0.15, 0.2) is 17.6 Å². The van der Waals surface area contributed by atoms with Crippen molar-refractivity contribution < 1.29 is 0 Å². The molecule has 0 radical (unpaired) electrons. The zero-order chi connectivity index (χ0) is 8.97. The first kappa shape index (κ1) is 9.65. The fourth-order valence-electron chi connectivity index (χ4n) is 1.11. The molecule has 2 nitrogen and oxygen atoms in total. The van der Waals surface area contributed by atoms with E-state index in [4.69, 9.17) is 0 Å². The van der Waals surface area contributed by atoms with Crippen molar-refractivity contribution >= 4 is 11.8 Å². The summed E-state index contributed by atoms with van der Waals surface area (Å²) >= 11 is 1.85. The number of thioether (sulfide) groups is 1. The third-order valence-corrected chi connectivity index (χ3v) is 3.02. The summed E-state index contributed by atoms with van der Waals surface area (Å²) in [7, 11) is 2.04. The zero-order valence-corrected chi connectivity index (χ0v) is 8.77. The zero-order valence-electron chi connectivity index (χ0n) is 7.95. The Labute approximate surface area is 78.4 Å². The van der Waals surface area contributed by atoms with Gasteiger partial charge >= 0.3 is 0 Å². The van der Waals surface area contributed by atoms with Crippen LogP contribution in [0.4, 0.5) is 0 Å². The lowest BCUT2D eigenvalue weighted by atomic mass is 10.3. The highest BCUT2D eigenvalue weighted by Gasteiger charge is 2.06. The van der Waals surface area contributed by atoms with Crippen LogP contribution in [0.3, 0.4) is 0 Å². The summed E-state index contributed by atoms with van der Waals surface area (Å²) in [6, 6.07) is 0. The van der Waals surface area contributed by atoms with Gasteiger partial charge in [-0.3, -0.25) is 0 Å². The minimum atomic E-state index is 0.677. The molecule has 0 aliphatic heterocycles. The molecule has 0 fully saturated rings. The number of aromatic nitrogens is 2. The van der Waals surface area contributed by atoms with E-state index < -0.39 is 0 Å². The Morgan fingerprint density at radius 2 is 2.42 bits per heavy atom. The standard InChI is InChI=1S/C9H16N2S/c1-4-5-8(2)12-9-10-6-7-11(9)3/h6-8H,4-5H2,1-3H3. The second kappa shape index (κ2) is 4.55. The fraction of sp³-hybridized carbons (Fsp3) is 0.667. The van der Waals surface area contributed by atoms with Crippen molar-refractivity contribution in [3.63, 3.8) is 0 Å². The highest BCUT2D eigenvalue weighted by Crippen LogP contribution is 2.23. The maximum atomic E-state index is 4.26. The van der Waals surface area contributed by atoms with Crippen molar-refractivity contribution in [2.75, 3.05) is 0 Å². The molecule has 12 heavy (non-hydrogen) atoms. The maximum absolute atomic E-state index is 4.26. The SMILES string of the molecule is CCCC(C)Sc1nccn1C. The van der Waals surface area contributed by atoms with Gasteiger partial charge in [0.15, 0.2) is 5.16 Å². The van der Waals surface area contributed by atoms with Crippen LogP contribution < -0.4 is 0 Å². The van der Waals surface area contributed by atoms with E-state index in [2.05, 4.69) is 23.4 Å². The molecule has 0 amide bonds. The molecule has 0 saturated carbocycles. The van der Waals surface area contributed by atoms with Gasteiger partial charge in [-0.25, -0.2) is 4.98 Å². The molecule has 1 heterocycles. The number of aryl methyl sites for hydroxylation is 1. The van der Waals surface area contributed by atoms with Crippen LogP contribution in [-0.4, -0.2) is 14.8 Å². The van der Waals surface area contributed by atoms with Crippen molar-refractivity contribution in [1.29, 1.82) is 0 Å². The van der Waals surface area contributed by atoms with Gasteiger partial charge in [-0.15, -0.1) is 0 Å². The molecule has 1 rings (SSSR count). The van der Waals surface area contributed by atoms with E-state index in [0.29, 0.717) is 5.25 Å². The Hall–Kier alpha value is -0.440. The first-order chi connectivity index (χ1) is 5.74. The number of imidazole rings is 1. The van der Waals surface area contributed by atoms with Crippen LogP contribution in [0.1, 0.15) is 26.7 Å². The van der Waals surface area contributed by atoms with E-state index in [9.17, 15) is 0 Å². The lowest BCUT2D eigenvalue weighted by Gasteiger charge is -2.08. The molecule has 0 N–H and O–H groups in total. The summed E-state index contributed by atoms with van der Waals surface area (Å²) in [6.07, 6.45) is 6.35. The van der Waals surface area contributed by atoms with Crippen LogP contribution in [-0.2, 0) is 7.05 Å². The van der Waals surface area contributed by atoms with Gasteiger partial charge in [0.2, 0.25) is 0 Å². The average Bonchev–Trinajstić information content (AvgIpc) is 2.37. The largest absolute Gasteiger partial charge is 0.329 e. The quantitative estimate of drug-likeness (QED) is 0.670. The summed E-state index contributed by atoms with van der Waals surface area (Å²) in [5.41, 5.74) is 0. The first-order valence-corrected chi connectivity index (χ1v) is 5.26. The highest BCUT2D eigenvalue weighted by atomic mass is 32.2. The Morgan fingerprint density at radius 1 is 1.67 bits per heavy atom. The Balaban J connectivity index is 2.46. The third-order valence-electron chi connectivity index (χ3n) is 1.78. The Bertz CT molecular complexity index is 232. The van der Waals surface area contributed by atoms with E-state index in [0.717, 1.165) is 5.16 Å². The topological polar surface area (TPSA) is 17.8 Å². The molecule has 1 aromatic heterocycles. The van der Waals surface area contributed by atoms with Crippen molar-refractivity contribution in [3.05, 3.63) is 12.4 Å². The first-order valence-electron chi connectivity index (χ1n) is 4.38. The number of hydrogen-bond donors (Lipinski definition) is 0. The molecule has 1 atom stereocenters. The van der Waals surface area contributed by atoms with Gasteiger partial charge in [0, 0.05) is 24.7 Å². The molecule has 0 spiro atoms. The molecule has 68 valence electrons. The normalized spacial score (nSPS) is 13.2. The van der Waals surface area contributed by atoms with Crippen molar-refractivity contribution in [1.82, 2.24) is 9.55 Å². The molecular weight excluding hydrogens is 168 g/mol. The predicted octanol–water partition coefficient (Wildman–Crippen LogP) is 2.70. The molecule has 0 saturated heterocycles. The molecule has 1 unspecified atom stereocenters. The van der Waals surface area contributed by atoms with Gasteiger partial charge in [-0.2, -0.15) is 0 Å². The van der Waals surface area contributed by atoms with E-state index in [1.54, 1.807) is 0 Å². The smallest absolute Gasteiger partial charge is 0.167 e. The lowest BCUT2D eigenvalue weighted by molar-refractivity contribution is 0.758. The van der Waals surface area contributed by atoms with Crippen LogP contribution >= 0.6 is 11.8 Å². The molecular formula is C9H16N2S. The van der Waals surface area contributed by atoms with Gasteiger partial charge < -0.3 is 4.57 Å². The Morgan fingerprint density at radius 3 is 2.92 bits per heavy atom. The Kier molecular flexibility index (Phi) is 3.66. The minimum Gasteiger partial charge on any atom is -0.329 e. The molecule has 1 aromatic rings. The van der Waals surface area contributed by atoms with Crippen LogP contribution in [0, 0.1) is 0 Å². The van der Waals surface area contributed by atoms with E-state index in [1.807, 2.05) is 31.2 Å². The van der Waals surface area contributed by atoms with E-state index in [1.165, 1.54) is 12.8 Å². The summed E-state index contributed by atoms with van der Waals surface area (Å²) in [6.45, 7) is 4.47. The summed E-state index contributed by atoms with van der Waals surface area (Å²) in [4.78, 5) is 4.26. The number of hydrogen-bond acceptors (Lipinski definition) is 2. The van der Waals surface area contributed by atoms with Gasteiger partial charge in [0.25, 0.3) is 0 Å².